The smallest absolute Gasteiger partial charge is 0.255 e. The van der Waals surface area contributed by atoms with E-state index in [1.54, 1.807) is 12.1 Å². The second kappa shape index (κ2) is 5.25. The number of hydrogen-bond acceptors (Lipinski definition) is 3. The number of nitrogens with one attached hydrogen (secondary N) is 1. The minimum Gasteiger partial charge on any atom is -0.505 e. The summed E-state index contributed by atoms with van der Waals surface area (Å²) >= 11 is 11.5. The molecule has 0 saturated carbocycles. The van der Waals surface area contributed by atoms with Gasteiger partial charge in [-0.25, -0.2) is 0 Å². The van der Waals surface area contributed by atoms with Gasteiger partial charge in [-0.3, -0.25) is 9.78 Å². The molecule has 0 fully saturated rings. The average molecular weight is 283 g/mol. The molecule has 2 N–H and O–H groups in total. The van der Waals surface area contributed by atoms with Crippen LogP contribution in [0.2, 0.25) is 10.0 Å². The Morgan fingerprint density at radius 3 is 2.28 bits per heavy atom. The van der Waals surface area contributed by atoms with Crippen LogP contribution in [0, 0.1) is 0 Å². The Morgan fingerprint density at radius 2 is 1.72 bits per heavy atom. The molecule has 0 bridgehead atoms. The number of aromatic hydroxyl groups is 1. The first-order valence-corrected chi connectivity index (χ1v) is 5.73. The van der Waals surface area contributed by atoms with Gasteiger partial charge in [0.2, 0.25) is 0 Å². The zero-order valence-electron chi connectivity index (χ0n) is 9.02. The van der Waals surface area contributed by atoms with Gasteiger partial charge in [-0.05, 0) is 24.3 Å². The summed E-state index contributed by atoms with van der Waals surface area (Å²) in [5.74, 6) is -0.518. The monoisotopic (exact) mass is 282 g/mol. The number of benzene rings is 1. The van der Waals surface area contributed by atoms with Gasteiger partial charge in [-0.2, -0.15) is 0 Å². The first-order valence-electron chi connectivity index (χ1n) is 4.97. The van der Waals surface area contributed by atoms with E-state index in [1.165, 1.54) is 24.5 Å². The number of anilines is 1. The second-order valence-electron chi connectivity index (χ2n) is 3.48. The van der Waals surface area contributed by atoms with Gasteiger partial charge in [0.15, 0.2) is 5.75 Å². The lowest BCUT2D eigenvalue weighted by Crippen LogP contribution is -2.11. The summed E-state index contributed by atoms with van der Waals surface area (Å²) in [6, 6.07) is 6.00. The Hall–Kier alpha value is -1.78. The van der Waals surface area contributed by atoms with Crippen molar-refractivity contribution in [1.82, 2.24) is 4.98 Å². The summed E-state index contributed by atoms with van der Waals surface area (Å²) in [7, 11) is 0. The fraction of sp³-hybridized carbons (Fsp3) is 0. The molecule has 0 aliphatic carbocycles. The maximum Gasteiger partial charge on any atom is 0.255 e. The van der Waals surface area contributed by atoms with Crippen LogP contribution in [0.15, 0.2) is 36.7 Å². The third-order valence-corrected chi connectivity index (χ3v) is 2.79. The Labute approximate surface area is 113 Å². The molecule has 1 aromatic heterocycles. The van der Waals surface area contributed by atoms with Gasteiger partial charge < -0.3 is 10.4 Å². The summed E-state index contributed by atoms with van der Waals surface area (Å²) < 4.78 is 0. The zero-order chi connectivity index (χ0) is 13.1. The van der Waals surface area contributed by atoms with Crippen molar-refractivity contribution in [2.24, 2.45) is 0 Å². The topological polar surface area (TPSA) is 62.2 Å². The number of rotatable bonds is 2. The Balaban J connectivity index is 2.23. The van der Waals surface area contributed by atoms with E-state index in [4.69, 9.17) is 23.2 Å². The lowest BCUT2D eigenvalue weighted by atomic mass is 10.2. The minimum absolute atomic E-state index is 0.0764. The van der Waals surface area contributed by atoms with Gasteiger partial charge in [0, 0.05) is 23.6 Å². The molecule has 0 unspecified atom stereocenters. The van der Waals surface area contributed by atoms with E-state index in [1.807, 2.05) is 0 Å². The molecule has 1 aromatic carbocycles. The molecule has 1 heterocycles. The molecular weight excluding hydrogens is 275 g/mol. The molecule has 0 spiro atoms. The molecular formula is C12H8Cl2N2O2. The summed E-state index contributed by atoms with van der Waals surface area (Å²) in [6.45, 7) is 0. The number of carbonyl (C=O) groups is 1. The second-order valence-corrected chi connectivity index (χ2v) is 4.29. The van der Waals surface area contributed by atoms with E-state index in [0.29, 0.717) is 11.3 Å². The van der Waals surface area contributed by atoms with Crippen LogP contribution in [0.25, 0.3) is 0 Å². The van der Waals surface area contributed by atoms with E-state index in [2.05, 4.69) is 10.3 Å². The first-order chi connectivity index (χ1) is 8.58. The Kier molecular flexibility index (Phi) is 3.69. The highest BCUT2D eigenvalue weighted by molar-refractivity contribution is 6.37. The van der Waals surface area contributed by atoms with E-state index in [-0.39, 0.29) is 21.7 Å². The molecule has 0 aliphatic heterocycles. The van der Waals surface area contributed by atoms with Crippen molar-refractivity contribution in [2.45, 2.75) is 0 Å². The van der Waals surface area contributed by atoms with Crippen molar-refractivity contribution >= 4 is 34.8 Å². The minimum atomic E-state index is -0.310. The molecule has 92 valence electrons. The maximum absolute atomic E-state index is 11.8. The number of hydrogen-bond donors (Lipinski definition) is 2. The van der Waals surface area contributed by atoms with Crippen LogP contribution in [-0.2, 0) is 0 Å². The molecule has 0 aliphatic rings. The predicted octanol–water partition coefficient (Wildman–Crippen LogP) is 3.35. The summed E-state index contributed by atoms with van der Waals surface area (Å²) in [5, 5.41) is 12.2. The third-order valence-electron chi connectivity index (χ3n) is 2.22. The third kappa shape index (κ3) is 2.72. The van der Waals surface area contributed by atoms with Crippen LogP contribution in [-0.4, -0.2) is 16.0 Å². The molecule has 4 nitrogen and oxygen atoms in total. The number of phenolic OH excluding ortho intramolecular Hbond substituents is 1. The SMILES string of the molecule is O=C(Nc1cc(Cl)c(O)c(Cl)c1)c1ccncc1. The maximum atomic E-state index is 11.8. The van der Waals surface area contributed by atoms with Gasteiger partial charge in [0.05, 0.1) is 10.0 Å². The average Bonchev–Trinajstić information content (AvgIpc) is 2.37. The van der Waals surface area contributed by atoms with Gasteiger partial charge in [-0.15, -0.1) is 0 Å². The number of aromatic nitrogens is 1. The quantitative estimate of drug-likeness (QED) is 0.831. The number of carbonyl (C=O) groups excluding carboxylic acids is 1. The lowest BCUT2D eigenvalue weighted by molar-refractivity contribution is 0.102. The van der Waals surface area contributed by atoms with Gasteiger partial charge in [0.1, 0.15) is 0 Å². The summed E-state index contributed by atoms with van der Waals surface area (Å²) in [6.07, 6.45) is 3.04. The van der Waals surface area contributed by atoms with Crippen molar-refractivity contribution in [3.63, 3.8) is 0 Å². The fourth-order valence-corrected chi connectivity index (χ4v) is 1.83. The lowest BCUT2D eigenvalue weighted by Gasteiger charge is -2.07. The Morgan fingerprint density at radius 1 is 1.17 bits per heavy atom. The van der Waals surface area contributed by atoms with Crippen LogP contribution >= 0.6 is 23.2 Å². The van der Waals surface area contributed by atoms with Crippen molar-refractivity contribution in [3.05, 3.63) is 52.3 Å². The summed E-state index contributed by atoms with van der Waals surface area (Å²) in [5.41, 5.74) is 0.870. The largest absolute Gasteiger partial charge is 0.505 e. The van der Waals surface area contributed by atoms with Crippen molar-refractivity contribution in [3.8, 4) is 5.75 Å². The van der Waals surface area contributed by atoms with Crippen LogP contribution in [0.5, 0.6) is 5.75 Å². The van der Waals surface area contributed by atoms with Crippen molar-refractivity contribution < 1.29 is 9.90 Å². The number of nitrogens with zero attached hydrogens (tertiary/aromatic N) is 1. The van der Waals surface area contributed by atoms with Crippen LogP contribution in [0.1, 0.15) is 10.4 Å². The van der Waals surface area contributed by atoms with E-state index >= 15 is 0 Å². The van der Waals surface area contributed by atoms with Gasteiger partial charge in [-0.1, -0.05) is 23.2 Å². The molecule has 0 atom stereocenters. The van der Waals surface area contributed by atoms with Gasteiger partial charge >= 0.3 is 0 Å². The molecule has 18 heavy (non-hydrogen) atoms. The van der Waals surface area contributed by atoms with E-state index in [9.17, 15) is 9.90 Å². The first kappa shape index (κ1) is 12.7. The Bertz CT molecular complexity index is 565. The van der Waals surface area contributed by atoms with Crippen molar-refractivity contribution in [2.75, 3.05) is 5.32 Å². The highest BCUT2D eigenvalue weighted by Crippen LogP contribution is 2.34. The normalized spacial score (nSPS) is 10.1. The predicted molar refractivity (Wildman–Crippen MR) is 70.3 cm³/mol. The number of phenols is 1. The standard InChI is InChI=1S/C12H8Cl2N2O2/c13-9-5-8(6-10(14)11(9)17)16-12(18)7-1-3-15-4-2-7/h1-6,17H,(H,16,18). The number of amides is 1. The van der Waals surface area contributed by atoms with Crippen molar-refractivity contribution in [1.29, 1.82) is 0 Å². The van der Waals surface area contributed by atoms with Crippen LogP contribution < -0.4 is 5.32 Å². The van der Waals surface area contributed by atoms with Crippen LogP contribution in [0.4, 0.5) is 5.69 Å². The molecule has 2 aromatic rings. The molecule has 1 amide bonds. The molecule has 0 saturated heterocycles. The van der Waals surface area contributed by atoms with Crippen LogP contribution in [0.3, 0.4) is 0 Å². The zero-order valence-corrected chi connectivity index (χ0v) is 10.5. The highest BCUT2D eigenvalue weighted by atomic mass is 35.5. The van der Waals surface area contributed by atoms with E-state index < -0.39 is 0 Å². The molecule has 0 radical (unpaired) electrons. The molecule has 6 heteroatoms. The summed E-state index contributed by atoms with van der Waals surface area (Å²) in [4.78, 5) is 15.7. The number of pyridine rings is 1. The van der Waals surface area contributed by atoms with Gasteiger partial charge in [0.25, 0.3) is 5.91 Å². The highest BCUT2D eigenvalue weighted by Gasteiger charge is 2.10. The van der Waals surface area contributed by atoms with E-state index in [0.717, 1.165) is 0 Å². The fourth-order valence-electron chi connectivity index (χ4n) is 1.34. The molecule has 2 rings (SSSR count). The number of halogens is 2.